The molecule has 124 valence electrons. The summed E-state index contributed by atoms with van der Waals surface area (Å²) in [6.45, 7) is 0. The molecule has 2 rings (SSSR count). The summed E-state index contributed by atoms with van der Waals surface area (Å²) in [4.78, 5) is 0.0548. The van der Waals surface area contributed by atoms with E-state index in [0.717, 1.165) is 12.1 Å². The van der Waals surface area contributed by atoms with Gasteiger partial charge in [0.2, 0.25) is 20.0 Å². The molecule has 0 saturated heterocycles. The first-order chi connectivity index (χ1) is 10.7. The molecule has 11 heteroatoms. The van der Waals surface area contributed by atoms with Crippen LogP contribution in [0.5, 0.6) is 0 Å². The molecule has 2 aromatic carbocycles. The Morgan fingerprint density at radius 2 is 0.957 bits per heavy atom. The van der Waals surface area contributed by atoms with Crippen LogP contribution in [0.3, 0.4) is 0 Å². The van der Waals surface area contributed by atoms with Crippen LogP contribution >= 0.6 is 12.1 Å². The highest BCUT2D eigenvalue weighted by Crippen LogP contribution is 2.19. The van der Waals surface area contributed by atoms with Crippen molar-refractivity contribution in [3.63, 3.8) is 0 Å². The predicted octanol–water partition coefficient (Wildman–Crippen LogP) is 1.07. The Balaban J connectivity index is 1.92. The summed E-state index contributed by atoms with van der Waals surface area (Å²) in [6.07, 6.45) is 0. The molecule has 0 aliphatic carbocycles. The van der Waals surface area contributed by atoms with Gasteiger partial charge in [-0.25, -0.2) is 27.1 Å². The van der Waals surface area contributed by atoms with Crippen LogP contribution in [-0.2, 0) is 20.0 Å². The van der Waals surface area contributed by atoms with E-state index in [4.69, 9.17) is 10.3 Å². The molecular weight excluding hydrogens is 360 g/mol. The molecule has 0 unspecified atom stereocenters. The average Bonchev–Trinajstić information content (AvgIpc) is 2.46. The van der Waals surface area contributed by atoms with E-state index in [0.29, 0.717) is 11.4 Å². The number of hydrogen-bond donors (Lipinski definition) is 4. The third-order valence-corrected chi connectivity index (χ3v) is 5.24. The Hall–Kier alpha value is -1.79. The zero-order valence-corrected chi connectivity index (χ0v) is 14.1. The van der Waals surface area contributed by atoms with E-state index in [1.807, 2.05) is 0 Å². The van der Waals surface area contributed by atoms with E-state index in [1.165, 1.54) is 24.3 Å². The van der Waals surface area contributed by atoms with E-state index in [-0.39, 0.29) is 9.79 Å². The molecule has 0 bridgehead atoms. The Labute approximate surface area is 138 Å². The van der Waals surface area contributed by atoms with Gasteiger partial charge in [-0.15, -0.1) is 0 Å². The standard InChI is InChI=1S/C12H14N4O4S3/c13-22(17,18)11-5-1-9(2-6-11)15-21-16-10-3-7-12(8-4-10)23(14,19)20/h1-8,15-16H,(H2,13,17,18)(H2,14,19,20). The normalized spacial score (nSPS) is 11.9. The first-order valence-electron chi connectivity index (χ1n) is 6.10. The molecule has 0 spiro atoms. The van der Waals surface area contributed by atoms with Crippen LogP contribution in [0.1, 0.15) is 0 Å². The van der Waals surface area contributed by atoms with Gasteiger partial charge in [0.15, 0.2) is 0 Å². The summed E-state index contributed by atoms with van der Waals surface area (Å²) < 4.78 is 50.4. The maximum absolute atomic E-state index is 11.1. The number of nitrogens with two attached hydrogens (primary N) is 2. The van der Waals surface area contributed by atoms with Crippen molar-refractivity contribution in [3.05, 3.63) is 48.5 Å². The third kappa shape index (κ3) is 5.11. The van der Waals surface area contributed by atoms with Crippen molar-refractivity contribution < 1.29 is 16.8 Å². The summed E-state index contributed by atoms with van der Waals surface area (Å²) in [7, 11) is -7.42. The molecular formula is C12H14N4O4S3. The van der Waals surface area contributed by atoms with Crippen LogP contribution in [0.4, 0.5) is 11.4 Å². The maximum Gasteiger partial charge on any atom is 0.238 e. The molecule has 0 atom stereocenters. The second kappa shape index (κ2) is 6.76. The lowest BCUT2D eigenvalue weighted by molar-refractivity contribution is 0.596. The molecule has 2 aromatic rings. The van der Waals surface area contributed by atoms with Crippen molar-refractivity contribution in [1.82, 2.24) is 0 Å². The van der Waals surface area contributed by atoms with Gasteiger partial charge in [0, 0.05) is 11.4 Å². The van der Waals surface area contributed by atoms with Gasteiger partial charge in [0.1, 0.15) is 0 Å². The monoisotopic (exact) mass is 374 g/mol. The smallest absolute Gasteiger partial charge is 0.238 e. The minimum atomic E-state index is -3.71. The summed E-state index contributed by atoms with van der Waals surface area (Å²) >= 11 is 1.12. The number of sulfonamides is 2. The quantitative estimate of drug-likeness (QED) is 0.553. The third-order valence-electron chi connectivity index (χ3n) is 2.70. The van der Waals surface area contributed by atoms with E-state index >= 15 is 0 Å². The molecule has 0 aromatic heterocycles. The van der Waals surface area contributed by atoms with Gasteiger partial charge in [-0.1, -0.05) is 0 Å². The lowest BCUT2D eigenvalue weighted by Gasteiger charge is -2.08. The molecule has 0 aliphatic heterocycles. The Morgan fingerprint density at radius 3 is 1.22 bits per heavy atom. The van der Waals surface area contributed by atoms with Gasteiger partial charge in [-0.2, -0.15) is 0 Å². The van der Waals surface area contributed by atoms with E-state index in [9.17, 15) is 16.8 Å². The highest BCUT2D eigenvalue weighted by Gasteiger charge is 2.07. The van der Waals surface area contributed by atoms with Crippen molar-refractivity contribution in [2.75, 3.05) is 9.44 Å². The van der Waals surface area contributed by atoms with E-state index in [1.54, 1.807) is 24.3 Å². The summed E-state index contributed by atoms with van der Waals surface area (Å²) in [6, 6.07) is 11.8. The van der Waals surface area contributed by atoms with Gasteiger partial charge in [0.05, 0.1) is 21.9 Å². The molecule has 23 heavy (non-hydrogen) atoms. The van der Waals surface area contributed by atoms with Gasteiger partial charge in [0.25, 0.3) is 0 Å². The minimum absolute atomic E-state index is 0.0274. The second-order valence-electron chi connectivity index (χ2n) is 4.44. The van der Waals surface area contributed by atoms with Crippen LogP contribution in [-0.4, -0.2) is 16.8 Å². The topological polar surface area (TPSA) is 144 Å². The van der Waals surface area contributed by atoms with Gasteiger partial charge < -0.3 is 9.44 Å². The highest BCUT2D eigenvalue weighted by molar-refractivity contribution is 8.01. The number of nitrogens with one attached hydrogen (secondary N) is 2. The molecule has 0 aliphatic rings. The zero-order valence-electron chi connectivity index (χ0n) is 11.6. The maximum atomic E-state index is 11.1. The molecule has 0 radical (unpaired) electrons. The van der Waals surface area contributed by atoms with Crippen LogP contribution in [0.2, 0.25) is 0 Å². The number of benzene rings is 2. The summed E-state index contributed by atoms with van der Waals surface area (Å²) in [5.41, 5.74) is 1.33. The van der Waals surface area contributed by atoms with Gasteiger partial charge in [-0.3, -0.25) is 0 Å². The molecule has 6 N–H and O–H groups in total. The lowest BCUT2D eigenvalue weighted by atomic mass is 10.3. The molecule has 0 heterocycles. The molecule has 0 fully saturated rings. The number of primary sulfonamides is 2. The number of anilines is 2. The minimum Gasteiger partial charge on any atom is -0.312 e. The zero-order chi connectivity index (χ0) is 17.1. The second-order valence-corrected chi connectivity index (χ2v) is 8.18. The first-order valence-corrected chi connectivity index (χ1v) is 10.0. The molecule has 8 nitrogen and oxygen atoms in total. The summed E-state index contributed by atoms with van der Waals surface area (Å²) in [5.74, 6) is 0. The lowest BCUT2D eigenvalue weighted by Crippen LogP contribution is -2.11. The average molecular weight is 374 g/mol. The van der Waals surface area contributed by atoms with Gasteiger partial charge in [-0.05, 0) is 48.5 Å². The fourth-order valence-electron chi connectivity index (χ4n) is 1.57. The number of rotatable bonds is 6. The van der Waals surface area contributed by atoms with Crippen molar-refractivity contribution in [2.45, 2.75) is 9.79 Å². The Kier molecular flexibility index (Phi) is 5.16. The number of hydrogen-bond acceptors (Lipinski definition) is 7. The van der Waals surface area contributed by atoms with Crippen LogP contribution < -0.4 is 19.7 Å². The van der Waals surface area contributed by atoms with E-state index < -0.39 is 20.0 Å². The Bertz CT molecular complexity index is 803. The van der Waals surface area contributed by atoms with Crippen molar-refractivity contribution in [3.8, 4) is 0 Å². The fourth-order valence-corrected chi connectivity index (χ4v) is 3.16. The predicted molar refractivity (Wildman–Crippen MR) is 90.5 cm³/mol. The molecule has 0 saturated carbocycles. The summed E-state index contributed by atoms with van der Waals surface area (Å²) in [5, 5.41) is 10.0. The van der Waals surface area contributed by atoms with Crippen molar-refractivity contribution >= 4 is 43.6 Å². The largest absolute Gasteiger partial charge is 0.312 e. The fraction of sp³-hybridized carbons (Fsp3) is 0. The molecule has 0 amide bonds. The van der Waals surface area contributed by atoms with Crippen LogP contribution in [0.15, 0.2) is 58.3 Å². The van der Waals surface area contributed by atoms with Gasteiger partial charge >= 0.3 is 0 Å². The van der Waals surface area contributed by atoms with Crippen molar-refractivity contribution in [1.29, 1.82) is 0 Å². The Morgan fingerprint density at radius 1 is 0.652 bits per heavy atom. The first kappa shape index (κ1) is 17.6. The SMILES string of the molecule is NS(=O)(=O)c1ccc(NSNc2ccc(S(N)(=O)=O)cc2)cc1. The van der Waals surface area contributed by atoms with E-state index in [2.05, 4.69) is 9.44 Å². The van der Waals surface area contributed by atoms with Crippen LogP contribution in [0.25, 0.3) is 0 Å². The van der Waals surface area contributed by atoms with Crippen LogP contribution in [0, 0.1) is 0 Å². The van der Waals surface area contributed by atoms with Crippen molar-refractivity contribution in [2.24, 2.45) is 10.3 Å². The highest BCUT2D eigenvalue weighted by atomic mass is 32.2.